The SMILES string of the molecule is CCNC(=NCc1ccc(F)cc1)NCCOc1ccc(S(C)(=O)=O)cc1.I. The molecule has 0 saturated carbocycles. The molecule has 2 N–H and O–H groups in total. The zero-order valence-electron chi connectivity index (χ0n) is 15.8. The normalized spacial score (nSPS) is 11.5. The second kappa shape index (κ2) is 11.8. The highest BCUT2D eigenvalue weighted by Crippen LogP contribution is 2.15. The van der Waals surface area contributed by atoms with Crippen LogP contribution in [0.15, 0.2) is 58.4 Å². The molecule has 0 radical (unpaired) electrons. The Hall–Kier alpha value is -1.88. The summed E-state index contributed by atoms with van der Waals surface area (Å²) < 4.78 is 41.4. The molecule has 0 atom stereocenters. The summed E-state index contributed by atoms with van der Waals surface area (Å²) in [7, 11) is -3.21. The van der Waals surface area contributed by atoms with E-state index in [9.17, 15) is 12.8 Å². The maximum Gasteiger partial charge on any atom is 0.191 e. The Morgan fingerprint density at radius 1 is 1.07 bits per heavy atom. The number of nitrogens with zero attached hydrogens (tertiary/aromatic N) is 1. The fraction of sp³-hybridized carbons (Fsp3) is 0.316. The van der Waals surface area contributed by atoms with Crippen LogP contribution in [0.3, 0.4) is 0 Å². The molecule has 0 amide bonds. The molecule has 2 aromatic rings. The molecule has 0 aromatic heterocycles. The van der Waals surface area contributed by atoms with Gasteiger partial charge in [0, 0.05) is 12.8 Å². The summed E-state index contributed by atoms with van der Waals surface area (Å²) in [6.45, 7) is 4.02. The molecule has 28 heavy (non-hydrogen) atoms. The Labute approximate surface area is 182 Å². The molecule has 0 aliphatic heterocycles. The van der Waals surface area contributed by atoms with E-state index in [-0.39, 0.29) is 34.7 Å². The van der Waals surface area contributed by atoms with Gasteiger partial charge in [0.25, 0.3) is 0 Å². The second-order valence-electron chi connectivity index (χ2n) is 5.84. The van der Waals surface area contributed by atoms with E-state index in [0.717, 1.165) is 5.56 Å². The molecule has 0 aliphatic rings. The average molecular weight is 521 g/mol. The van der Waals surface area contributed by atoms with Crippen LogP contribution in [0.2, 0.25) is 0 Å². The van der Waals surface area contributed by atoms with E-state index in [0.29, 0.717) is 38.0 Å². The summed E-state index contributed by atoms with van der Waals surface area (Å²) in [6.07, 6.45) is 1.17. The Balaban J connectivity index is 0.00000392. The van der Waals surface area contributed by atoms with Gasteiger partial charge in [0.1, 0.15) is 18.2 Å². The molecule has 0 heterocycles. The van der Waals surface area contributed by atoms with Gasteiger partial charge in [-0.15, -0.1) is 24.0 Å². The van der Waals surface area contributed by atoms with Crippen molar-refractivity contribution >= 4 is 39.8 Å². The van der Waals surface area contributed by atoms with Gasteiger partial charge in [-0.05, 0) is 48.9 Å². The van der Waals surface area contributed by atoms with Crippen molar-refractivity contribution in [2.24, 2.45) is 4.99 Å². The molecule has 0 saturated heterocycles. The smallest absolute Gasteiger partial charge is 0.191 e. The number of hydrogen-bond donors (Lipinski definition) is 2. The van der Waals surface area contributed by atoms with Crippen molar-refractivity contribution in [2.45, 2.75) is 18.4 Å². The summed E-state index contributed by atoms with van der Waals surface area (Å²) in [5.41, 5.74) is 0.913. The summed E-state index contributed by atoms with van der Waals surface area (Å²) in [4.78, 5) is 4.71. The molecule has 0 bridgehead atoms. The minimum atomic E-state index is -3.21. The summed E-state index contributed by atoms with van der Waals surface area (Å²) in [5, 5.41) is 6.28. The fourth-order valence-corrected chi connectivity index (χ4v) is 2.85. The predicted octanol–water partition coefficient (Wildman–Crippen LogP) is 2.98. The maximum atomic E-state index is 12.9. The molecular formula is C19H25FIN3O3S. The maximum absolute atomic E-state index is 12.9. The van der Waals surface area contributed by atoms with E-state index in [4.69, 9.17) is 4.74 Å². The van der Waals surface area contributed by atoms with Gasteiger partial charge in [0.05, 0.1) is 18.0 Å². The first-order valence-corrected chi connectivity index (χ1v) is 10.5. The Morgan fingerprint density at radius 2 is 1.71 bits per heavy atom. The van der Waals surface area contributed by atoms with Crippen LogP contribution in [0.1, 0.15) is 12.5 Å². The van der Waals surface area contributed by atoms with E-state index < -0.39 is 9.84 Å². The first kappa shape index (κ1) is 24.2. The van der Waals surface area contributed by atoms with Gasteiger partial charge in [0.2, 0.25) is 0 Å². The first-order chi connectivity index (χ1) is 12.9. The van der Waals surface area contributed by atoms with Crippen molar-refractivity contribution in [2.75, 3.05) is 26.0 Å². The lowest BCUT2D eigenvalue weighted by atomic mass is 10.2. The van der Waals surface area contributed by atoms with E-state index >= 15 is 0 Å². The standard InChI is InChI=1S/C19H24FN3O3S.HI/c1-3-21-19(23-14-15-4-6-16(20)7-5-15)22-12-13-26-17-8-10-18(11-9-17)27(2,24)25;/h4-11H,3,12-14H2,1-2H3,(H2,21,22,23);1H. The lowest BCUT2D eigenvalue weighted by molar-refractivity contribution is 0.321. The molecule has 2 aromatic carbocycles. The van der Waals surface area contributed by atoms with E-state index in [1.807, 2.05) is 6.92 Å². The zero-order chi connectivity index (χ0) is 19.7. The number of hydrogen-bond acceptors (Lipinski definition) is 4. The number of rotatable bonds is 8. The average Bonchev–Trinajstić information content (AvgIpc) is 2.64. The van der Waals surface area contributed by atoms with E-state index in [1.165, 1.54) is 30.5 Å². The predicted molar refractivity (Wildman–Crippen MR) is 120 cm³/mol. The van der Waals surface area contributed by atoms with Crippen molar-refractivity contribution in [3.8, 4) is 5.75 Å². The van der Waals surface area contributed by atoms with Crippen LogP contribution >= 0.6 is 24.0 Å². The van der Waals surface area contributed by atoms with Gasteiger partial charge >= 0.3 is 0 Å². The van der Waals surface area contributed by atoms with Crippen molar-refractivity contribution < 1.29 is 17.5 Å². The number of ether oxygens (including phenoxy) is 1. The first-order valence-electron chi connectivity index (χ1n) is 8.58. The van der Waals surface area contributed by atoms with Crippen molar-refractivity contribution in [3.05, 3.63) is 59.9 Å². The van der Waals surface area contributed by atoms with Crippen molar-refractivity contribution in [3.63, 3.8) is 0 Å². The van der Waals surface area contributed by atoms with Gasteiger partial charge in [-0.1, -0.05) is 12.1 Å². The van der Waals surface area contributed by atoms with E-state index in [2.05, 4.69) is 15.6 Å². The summed E-state index contributed by atoms with van der Waals surface area (Å²) >= 11 is 0. The number of sulfone groups is 1. The highest BCUT2D eigenvalue weighted by Gasteiger charge is 2.06. The molecule has 0 spiro atoms. The number of guanidine groups is 1. The van der Waals surface area contributed by atoms with E-state index in [1.54, 1.807) is 24.3 Å². The van der Waals surface area contributed by atoms with Crippen LogP contribution < -0.4 is 15.4 Å². The summed E-state index contributed by atoms with van der Waals surface area (Å²) in [6, 6.07) is 12.5. The third-order valence-corrected chi connectivity index (χ3v) is 4.72. The van der Waals surface area contributed by atoms with Crippen LogP contribution in [-0.2, 0) is 16.4 Å². The Morgan fingerprint density at radius 3 is 2.29 bits per heavy atom. The molecule has 6 nitrogen and oxygen atoms in total. The van der Waals surface area contributed by atoms with Gasteiger partial charge < -0.3 is 15.4 Å². The molecule has 0 aliphatic carbocycles. The number of aliphatic imine (C=N–C) groups is 1. The minimum Gasteiger partial charge on any atom is -0.492 e. The highest BCUT2D eigenvalue weighted by atomic mass is 127. The molecule has 0 unspecified atom stereocenters. The molecular weight excluding hydrogens is 496 g/mol. The van der Waals surface area contributed by atoms with Crippen LogP contribution in [-0.4, -0.2) is 40.3 Å². The van der Waals surface area contributed by atoms with Crippen LogP contribution in [0.5, 0.6) is 5.75 Å². The van der Waals surface area contributed by atoms with Crippen LogP contribution in [0, 0.1) is 5.82 Å². The zero-order valence-corrected chi connectivity index (χ0v) is 19.0. The second-order valence-corrected chi connectivity index (χ2v) is 7.86. The lowest BCUT2D eigenvalue weighted by Gasteiger charge is -2.12. The monoisotopic (exact) mass is 521 g/mol. The minimum absolute atomic E-state index is 0. The van der Waals surface area contributed by atoms with Gasteiger partial charge in [-0.2, -0.15) is 0 Å². The number of nitrogens with one attached hydrogen (secondary N) is 2. The third-order valence-electron chi connectivity index (χ3n) is 3.59. The van der Waals surface area contributed by atoms with Gasteiger partial charge in [0.15, 0.2) is 15.8 Å². The van der Waals surface area contributed by atoms with Crippen molar-refractivity contribution in [1.82, 2.24) is 10.6 Å². The van der Waals surface area contributed by atoms with Crippen LogP contribution in [0.4, 0.5) is 4.39 Å². The van der Waals surface area contributed by atoms with Crippen molar-refractivity contribution in [1.29, 1.82) is 0 Å². The molecule has 9 heteroatoms. The fourth-order valence-electron chi connectivity index (χ4n) is 2.22. The molecule has 0 fully saturated rings. The highest BCUT2D eigenvalue weighted by molar-refractivity contribution is 14.0. The van der Waals surface area contributed by atoms with Gasteiger partial charge in [-0.3, -0.25) is 0 Å². The quantitative estimate of drug-likeness (QED) is 0.242. The molecule has 154 valence electrons. The molecule has 2 rings (SSSR count). The van der Waals surface area contributed by atoms with Gasteiger partial charge in [-0.25, -0.2) is 17.8 Å². The Bertz CT molecular complexity index is 857. The summed E-state index contributed by atoms with van der Waals surface area (Å²) in [5.74, 6) is 0.963. The van der Waals surface area contributed by atoms with Crippen LogP contribution in [0.25, 0.3) is 0 Å². The number of benzene rings is 2. The lowest BCUT2D eigenvalue weighted by Crippen LogP contribution is -2.39. The largest absolute Gasteiger partial charge is 0.492 e. The third kappa shape index (κ3) is 8.42. The topological polar surface area (TPSA) is 79.8 Å². The Kier molecular flexibility index (Phi) is 10.2. The number of halogens is 2.